The topological polar surface area (TPSA) is 85.5 Å². The summed E-state index contributed by atoms with van der Waals surface area (Å²) >= 11 is 0. The summed E-state index contributed by atoms with van der Waals surface area (Å²) in [5, 5.41) is 9.88. The number of pyridine rings is 1. The third-order valence-corrected chi connectivity index (χ3v) is 8.54. The molecule has 0 spiro atoms. The van der Waals surface area contributed by atoms with Crippen LogP contribution in [0.2, 0.25) is 0 Å². The predicted octanol–water partition coefficient (Wildman–Crippen LogP) is 6.65. The molecule has 2 heterocycles. The number of carboxylic acids is 1. The van der Waals surface area contributed by atoms with Gasteiger partial charge in [-0.15, -0.1) is 0 Å². The minimum absolute atomic E-state index is 0. The van der Waals surface area contributed by atoms with Crippen LogP contribution in [-0.4, -0.2) is 46.8 Å². The highest BCUT2D eigenvalue weighted by molar-refractivity contribution is 7.59. The van der Waals surface area contributed by atoms with Crippen molar-refractivity contribution in [3.05, 3.63) is 118 Å². The Bertz CT molecular complexity index is 1710. The van der Waals surface area contributed by atoms with Crippen molar-refractivity contribution in [2.75, 3.05) is 19.8 Å². The third kappa shape index (κ3) is 7.15. The Kier molecular flexibility index (Phi) is 10.4. The van der Waals surface area contributed by atoms with E-state index in [1.807, 2.05) is 29.2 Å². The second-order valence-electron chi connectivity index (χ2n) is 11.3. The molecule has 1 aromatic heterocycles. The van der Waals surface area contributed by atoms with Crippen LogP contribution in [-0.2, 0) is 42.1 Å². The van der Waals surface area contributed by atoms with Crippen LogP contribution in [0, 0.1) is 13.5 Å². The summed E-state index contributed by atoms with van der Waals surface area (Å²) in [4.78, 5) is 21.7. The first-order valence-electron chi connectivity index (χ1n) is 14.9. The minimum Gasteiger partial charge on any atom is -0.488 e. The Morgan fingerprint density at radius 1 is 1.04 bits per heavy atom. The number of hydrogen-bond acceptors (Lipinski definition) is 6. The van der Waals surface area contributed by atoms with Crippen LogP contribution in [0.4, 0.5) is 5.69 Å². The molecule has 2 aliphatic rings. The lowest BCUT2D eigenvalue weighted by Crippen LogP contribution is -2.49. The Labute approximate surface area is 270 Å². The summed E-state index contributed by atoms with van der Waals surface area (Å²) < 4.78 is 18.5. The fraction of sp³-hybridized carbons (Fsp3) is 0.306. The van der Waals surface area contributed by atoms with Gasteiger partial charge in [-0.25, -0.2) is 4.85 Å². The van der Waals surface area contributed by atoms with Gasteiger partial charge in [0.25, 0.3) is 0 Å². The van der Waals surface area contributed by atoms with Crippen molar-refractivity contribution < 1.29 is 24.1 Å². The van der Waals surface area contributed by atoms with Gasteiger partial charge in [0.15, 0.2) is 0 Å². The average Bonchev–Trinajstić information content (AvgIpc) is 3.55. The number of nitrogens with zero attached hydrogens (tertiary/aromatic N) is 3. The van der Waals surface area contributed by atoms with Crippen molar-refractivity contribution in [2.24, 2.45) is 0 Å². The van der Waals surface area contributed by atoms with E-state index in [4.69, 9.17) is 20.8 Å². The highest BCUT2D eigenvalue weighted by Crippen LogP contribution is 2.41. The minimum atomic E-state index is -0.890. The molecule has 1 saturated heterocycles. The van der Waals surface area contributed by atoms with Gasteiger partial charge < -0.3 is 19.3 Å². The molecule has 1 atom stereocenters. The number of carbonyl (C=O) groups is 1. The lowest BCUT2D eigenvalue weighted by molar-refractivity contribution is -0.150. The number of benzene rings is 3. The summed E-state index contributed by atoms with van der Waals surface area (Å²) in [6.07, 6.45) is 5.99. The molecule has 1 fully saturated rings. The van der Waals surface area contributed by atoms with Gasteiger partial charge in [-0.2, -0.15) is 13.5 Å². The lowest BCUT2D eigenvalue weighted by Gasteiger charge is -2.34. The van der Waals surface area contributed by atoms with Crippen LogP contribution in [0.25, 0.3) is 16.0 Å². The zero-order valence-electron chi connectivity index (χ0n) is 25.3. The maximum Gasteiger partial charge on any atom is 0.323 e. The molecule has 3 aromatic carbocycles. The van der Waals surface area contributed by atoms with Crippen molar-refractivity contribution in [2.45, 2.75) is 52.0 Å². The van der Waals surface area contributed by atoms with Crippen LogP contribution >= 0.6 is 13.5 Å². The molecule has 1 aliphatic carbocycles. The lowest BCUT2D eigenvalue weighted by atomic mass is 9.96. The summed E-state index contributed by atoms with van der Waals surface area (Å²) in [5.41, 5.74) is 9.24. The monoisotopic (exact) mass is 623 g/mol. The molecule has 232 valence electrons. The second-order valence-corrected chi connectivity index (χ2v) is 11.3. The van der Waals surface area contributed by atoms with E-state index in [9.17, 15) is 9.90 Å². The van der Waals surface area contributed by atoms with Gasteiger partial charge in [0.2, 0.25) is 5.69 Å². The standard InChI is InChI=1S/C36H35N3O5.H2S/c1-24-27(10-6-11-29(24)26-8-4-3-5-9-26)22-44-34-17-35(43-21-25-16-28(37-2)19-38-18-25)32(30-12-7-13-31(30)34)20-39-14-15-42-23-33(39)36(40)41;/h3-6,8-11,16-19,33H,7,12-15,20-23H2,1H3,(H,40,41);1H2/t33-;/m0./s1. The summed E-state index contributed by atoms with van der Waals surface area (Å²) in [7, 11) is 0. The summed E-state index contributed by atoms with van der Waals surface area (Å²) in [6, 6.07) is 19.7. The van der Waals surface area contributed by atoms with E-state index in [2.05, 4.69) is 47.1 Å². The van der Waals surface area contributed by atoms with Crippen LogP contribution < -0.4 is 9.47 Å². The van der Waals surface area contributed by atoms with Crippen molar-refractivity contribution in [1.82, 2.24) is 9.88 Å². The Morgan fingerprint density at radius 2 is 1.84 bits per heavy atom. The van der Waals surface area contributed by atoms with Crippen molar-refractivity contribution in [3.8, 4) is 22.6 Å². The number of carboxylic acid groups (broad SMARTS) is 1. The molecule has 1 N–H and O–H groups in total. The van der Waals surface area contributed by atoms with Crippen LogP contribution in [0.5, 0.6) is 11.5 Å². The van der Waals surface area contributed by atoms with Gasteiger partial charge in [-0.1, -0.05) is 48.5 Å². The predicted molar refractivity (Wildman–Crippen MR) is 177 cm³/mol. The number of rotatable bonds is 10. The van der Waals surface area contributed by atoms with Gasteiger partial charge >= 0.3 is 5.97 Å². The fourth-order valence-electron chi connectivity index (χ4n) is 6.18. The largest absolute Gasteiger partial charge is 0.488 e. The molecular weight excluding hydrogens is 586 g/mol. The highest BCUT2D eigenvalue weighted by atomic mass is 32.1. The first-order chi connectivity index (χ1) is 21.5. The molecule has 0 radical (unpaired) electrons. The first kappa shape index (κ1) is 32.0. The SMILES string of the molecule is S.[C-]#[N+]c1cncc(COc2cc(OCc3cccc(-c4ccccc4)c3C)c3c(c2CN2CCOC[C@H]2C(=O)O)CCC3)c1. The van der Waals surface area contributed by atoms with Crippen LogP contribution in [0.3, 0.4) is 0 Å². The smallest absolute Gasteiger partial charge is 0.323 e. The number of fused-ring (bicyclic) bond motifs is 1. The average molecular weight is 624 g/mol. The molecule has 4 aromatic rings. The van der Waals surface area contributed by atoms with E-state index >= 15 is 0 Å². The normalized spacial score (nSPS) is 15.9. The van der Waals surface area contributed by atoms with Gasteiger partial charge in [-0.3, -0.25) is 14.7 Å². The highest BCUT2D eigenvalue weighted by Gasteiger charge is 2.32. The number of morpholine rings is 1. The van der Waals surface area contributed by atoms with Gasteiger partial charge in [0.1, 0.15) is 30.8 Å². The quantitative estimate of drug-likeness (QED) is 0.198. The molecule has 0 unspecified atom stereocenters. The zero-order chi connectivity index (χ0) is 30.5. The molecule has 6 rings (SSSR count). The molecule has 8 nitrogen and oxygen atoms in total. The molecule has 0 saturated carbocycles. The maximum absolute atomic E-state index is 12.1. The summed E-state index contributed by atoms with van der Waals surface area (Å²) in [5.74, 6) is 0.573. The van der Waals surface area contributed by atoms with E-state index in [1.165, 1.54) is 34.0 Å². The molecule has 0 amide bonds. The van der Waals surface area contributed by atoms with Gasteiger partial charge in [0.05, 0.1) is 19.8 Å². The number of aromatic nitrogens is 1. The third-order valence-electron chi connectivity index (χ3n) is 8.54. The summed E-state index contributed by atoms with van der Waals surface area (Å²) in [6.45, 7) is 11.7. The van der Waals surface area contributed by atoms with E-state index in [0.29, 0.717) is 37.7 Å². The van der Waals surface area contributed by atoms with E-state index < -0.39 is 12.0 Å². The molecular formula is C36H37N3O5S. The Hall–Kier alpha value is -4.36. The maximum atomic E-state index is 12.1. The molecule has 1 aliphatic heterocycles. The van der Waals surface area contributed by atoms with Crippen molar-refractivity contribution in [1.29, 1.82) is 0 Å². The van der Waals surface area contributed by atoms with Crippen LogP contribution in [0.15, 0.2) is 73.1 Å². The number of hydrogen-bond donors (Lipinski definition) is 1. The Balaban J connectivity index is 0.00000400. The Morgan fingerprint density at radius 3 is 2.64 bits per heavy atom. The van der Waals surface area contributed by atoms with E-state index in [-0.39, 0.29) is 26.7 Å². The van der Waals surface area contributed by atoms with Gasteiger partial charge in [0, 0.05) is 37.1 Å². The molecule has 45 heavy (non-hydrogen) atoms. The molecule has 0 bridgehead atoms. The number of ether oxygens (including phenoxy) is 3. The van der Waals surface area contributed by atoms with Crippen LogP contribution in [0.1, 0.15) is 39.8 Å². The van der Waals surface area contributed by atoms with E-state index in [0.717, 1.165) is 41.7 Å². The first-order valence-corrected chi connectivity index (χ1v) is 14.9. The second kappa shape index (κ2) is 14.6. The fourth-order valence-corrected chi connectivity index (χ4v) is 6.18. The van der Waals surface area contributed by atoms with Crippen molar-refractivity contribution >= 4 is 25.2 Å². The van der Waals surface area contributed by atoms with E-state index in [1.54, 1.807) is 12.3 Å². The number of aliphatic carboxylic acids is 1. The molecule has 9 heteroatoms. The van der Waals surface area contributed by atoms with Crippen molar-refractivity contribution in [3.63, 3.8) is 0 Å². The zero-order valence-corrected chi connectivity index (χ0v) is 26.3. The van der Waals surface area contributed by atoms with Gasteiger partial charge in [-0.05, 0) is 71.2 Å².